The van der Waals surface area contributed by atoms with Gasteiger partial charge in [-0.1, -0.05) is 35.9 Å². The maximum Gasteiger partial charge on any atom is 0.234 e. The molecule has 23 heavy (non-hydrogen) atoms. The van der Waals surface area contributed by atoms with Gasteiger partial charge >= 0.3 is 0 Å². The van der Waals surface area contributed by atoms with Gasteiger partial charge in [-0.25, -0.2) is 0 Å². The lowest BCUT2D eigenvalue weighted by Gasteiger charge is -2.19. The van der Waals surface area contributed by atoms with E-state index in [1.54, 1.807) is 11.3 Å². The van der Waals surface area contributed by atoms with E-state index in [2.05, 4.69) is 66.3 Å². The minimum absolute atomic E-state index is 0.0672. The van der Waals surface area contributed by atoms with Crippen molar-refractivity contribution in [1.29, 1.82) is 0 Å². The van der Waals surface area contributed by atoms with Crippen molar-refractivity contribution in [3.05, 3.63) is 57.8 Å². The quantitative estimate of drug-likeness (QED) is 0.814. The zero-order chi connectivity index (χ0) is 16.2. The topological polar surface area (TPSA) is 41.1 Å². The molecule has 1 saturated carbocycles. The largest absolute Gasteiger partial charge is 0.352 e. The van der Waals surface area contributed by atoms with Crippen LogP contribution in [0.15, 0.2) is 41.8 Å². The maximum atomic E-state index is 12.2. The van der Waals surface area contributed by atoms with Crippen LogP contribution in [0.2, 0.25) is 0 Å². The lowest BCUT2D eigenvalue weighted by Crippen LogP contribution is -2.41. The third-order valence-corrected chi connectivity index (χ3v) is 5.36. The van der Waals surface area contributed by atoms with Crippen LogP contribution in [0.5, 0.6) is 0 Å². The summed E-state index contributed by atoms with van der Waals surface area (Å²) in [5.74, 6) is 0.766. The summed E-state index contributed by atoms with van der Waals surface area (Å²) in [5, 5.41) is 8.60. The molecule has 3 rings (SSSR count). The number of thiophene rings is 1. The van der Waals surface area contributed by atoms with Crippen LogP contribution in [0, 0.1) is 12.8 Å². The third kappa shape index (κ3) is 4.43. The van der Waals surface area contributed by atoms with Gasteiger partial charge in [-0.2, -0.15) is 0 Å². The molecule has 1 fully saturated rings. The smallest absolute Gasteiger partial charge is 0.234 e. The Morgan fingerprint density at radius 3 is 2.61 bits per heavy atom. The molecular weight excluding hydrogens is 304 g/mol. The molecule has 1 heterocycles. The molecule has 1 amide bonds. The second-order valence-corrected chi connectivity index (χ2v) is 7.41. The molecule has 2 N–H and O–H groups in total. The fourth-order valence-electron chi connectivity index (χ4n) is 2.81. The Kier molecular flexibility index (Phi) is 5.13. The number of aryl methyl sites for hydroxylation is 1. The first-order valence-electron chi connectivity index (χ1n) is 8.26. The van der Waals surface area contributed by atoms with Crippen molar-refractivity contribution in [3.8, 4) is 0 Å². The van der Waals surface area contributed by atoms with Crippen molar-refractivity contribution in [2.75, 3.05) is 6.54 Å². The highest BCUT2D eigenvalue weighted by Gasteiger charge is 2.28. The van der Waals surface area contributed by atoms with E-state index in [4.69, 9.17) is 0 Å². The first-order valence-corrected chi connectivity index (χ1v) is 9.14. The molecule has 0 saturated heterocycles. The summed E-state index contributed by atoms with van der Waals surface area (Å²) in [5.41, 5.74) is 2.44. The van der Waals surface area contributed by atoms with E-state index in [0.717, 1.165) is 0 Å². The maximum absolute atomic E-state index is 12.2. The average Bonchev–Trinajstić information content (AvgIpc) is 3.26. The second kappa shape index (κ2) is 7.28. The van der Waals surface area contributed by atoms with Crippen LogP contribution < -0.4 is 10.6 Å². The van der Waals surface area contributed by atoms with E-state index >= 15 is 0 Å². The van der Waals surface area contributed by atoms with Gasteiger partial charge in [0.05, 0.1) is 12.6 Å². The van der Waals surface area contributed by atoms with Crippen LogP contribution in [-0.2, 0) is 4.79 Å². The van der Waals surface area contributed by atoms with Gasteiger partial charge in [-0.05, 0) is 49.6 Å². The van der Waals surface area contributed by atoms with Crippen LogP contribution in [0.3, 0.4) is 0 Å². The molecule has 1 aliphatic rings. The highest BCUT2D eigenvalue weighted by Crippen LogP contribution is 2.32. The Bertz CT molecular complexity index is 632. The minimum Gasteiger partial charge on any atom is -0.352 e. The second-order valence-electron chi connectivity index (χ2n) is 6.43. The van der Waals surface area contributed by atoms with E-state index in [-0.39, 0.29) is 11.9 Å². The minimum atomic E-state index is 0.0672. The van der Waals surface area contributed by atoms with Crippen LogP contribution in [0.1, 0.15) is 41.8 Å². The van der Waals surface area contributed by atoms with Crippen LogP contribution in [0.25, 0.3) is 0 Å². The van der Waals surface area contributed by atoms with E-state index in [0.29, 0.717) is 18.5 Å². The first kappa shape index (κ1) is 16.2. The molecule has 0 unspecified atom stereocenters. The summed E-state index contributed by atoms with van der Waals surface area (Å²) < 4.78 is 0. The number of benzene rings is 1. The zero-order valence-corrected chi connectivity index (χ0v) is 14.5. The van der Waals surface area contributed by atoms with E-state index < -0.39 is 0 Å². The number of amides is 1. The summed E-state index contributed by atoms with van der Waals surface area (Å²) in [4.78, 5) is 13.4. The molecule has 0 radical (unpaired) electrons. The Balaban J connectivity index is 1.64. The van der Waals surface area contributed by atoms with Gasteiger partial charge in [0, 0.05) is 10.9 Å². The van der Waals surface area contributed by atoms with Gasteiger partial charge in [0.2, 0.25) is 5.91 Å². The van der Waals surface area contributed by atoms with Crippen molar-refractivity contribution in [2.24, 2.45) is 5.92 Å². The number of hydrogen-bond acceptors (Lipinski definition) is 3. The molecule has 1 aromatic heterocycles. The molecule has 3 nitrogen and oxygen atoms in total. The Hall–Kier alpha value is -1.65. The summed E-state index contributed by atoms with van der Waals surface area (Å²) in [6.45, 7) is 4.53. The molecule has 0 aliphatic heterocycles. The summed E-state index contributed by atoms with van der Waals surface area (Å²) in [6, 6.07) is 13.0. The van der Waals surface area contributed by atoms with Crippen molar-refractivity contribution < 1.29 is 4.79 Å². The predicted octanol–water partition coefficient (Wildman–Crippen LogP) is 3.65. The van der Waals surface area contributed by atoms with Gasteiger partial charge in [0.1, 0.15) is 0 Å². The zero-order valence-electron chi connectivity index (χ0n) is 13.7. The summed E-state index contributed by atoms with van der Waals surface area (Å²) >= 11 is 1.72. The number of carbonyl (C=O) groups is 1. The van der Waals surface area contributed by atoms with Gasteiger partial charge in [0.25, 0.3) is 0 Å². The highest BCUT2D eigenvalue weighted by atomic mass is 32.1. The van der Waals surface area contributed by atoms with Crippen molar-refractivity contribution in [2.45, 2.75) is 38.8 Å². The van der Waals surface area contributed by atoms with Crippen LogP contribution in [-0.4, -0.2) is 18.5 Å². The number of rotatable bonds is 7. The van der Waals surface area contributed by atoms with Gasteiger partial charge in [-0.15, -0.1) is 11.3 Å². The standard InChI is InChI=1S/C19H24N2OS/c1-13-5-7-16(8-6-13)19(17-4-3-11-23-17)20-12-18(22)21-14(2)15-9-10-15/h3-8,11,14-15,19-20H,9-10,12H2,1-2H3,(H,21,22)/t14-,19-/m0/s1. The monoisotopic (exact) mass is 328 g/mol. The molecular formula is C19H24N2OS. The molecule has 1 aromatic carbocycles. The Morgan fingerprint density at radius 2 is 2.00 bits per heavy atom. The lowest BCUT2D eigenvalue weighted by molar-refractivity contribution is -0.121. The molecule has 4 heteroatoms. The first-order chi connectivity index (χ1) is 11.1. The van der Waals surface area contributed by atoms with Crippen molar-refractivity contribution >= 4 is 17.2 Å². The third-order valence-electron chi connectivity index (χ3n) is 4.42. The number of carbonyl (C=O) groups excluding carboxylic acids is 1. The normalized spacial score (nSPS) is 16.8. The van der Waals surface area contributed by atoms with E-state index in [1.165, 1.54) is 28.8 Å². The molecule has 2 atom stereocenters. The summed E-state index contributed by atoms with van der Waals surface area (Å²) in [7, 11) is 0. The average molecular weight is 328 g/mol. The number of hydrogen-bond donors (Lipinski definition) is 2. The van der Waals surface area contributed by atoms with Crippen molar-refractivity contribution in [3.63, 3.8) is 0 Å². The fourth-order valence-corrected chi connectivity index (χ4v) is 3.64. The SMILES string of the molecule is Cc1ccc([C@H](NCC(=O)N[C@@H](C)C2CC2)c2cccs2)cc1. The summed E-state index contributed by atoms with van der Waals surface area (Å²) in [6.07, 6.45) is 2.49. The molecule has 0 bridgehead atoms. The van der Waals surface area contributed by atoms with E-state index in [1.807, 2.05) is 0 Å². The van der Waals surface area contributed by atoms with Crippen molar-refractivity contribution in [1.82, 2.24) is 10.6 Å². The fraction of sp³-hybridized carbons (Fsp3) is 0.421. The Labute approximate surface area is 142 Å². The highest BCUT2D eigenvalue weighted by molar-refractivity contribution is 7.10. The molecule has 2 aromatic rings. The van der Waals surface area contributed by atoms with E-state index in [9.17, 15) is 4.79 Å². The predicted molar refractivity (Wildman–Crippen MR) is 95.7 cm³/mol. The van der Waals surface area contributed by atoms with Gasteiger partial charge < -0.3 is 5.32 Å². The van der Waals surface area contributed by atoms with Crippen LogP contribution in [0.4, 0.5) is 0 Å². The molecule has 122 valence electrons. The van der Waals surface area contributed by atoms with Gasteiger partial charge in [0.15, 0.2) is 0 Å². The Morgan fingerprint density at radius 1 is 1.26 bits per heavy atom. The molecule has 0 spiro atoms. The number of nitrogens with one attached hydrogen (secondary N) is 2. The molecule has 1 aliphatic carbocycles. The van der Waals surface area contributed by atoms with Crippen LogP contribution >= 0.6 is 11.3 Å². The van der Waals surface area contributed by atoms with Gasteiger partial charge in [-0.3, -0.25) is 10.1 Å². The lowest BCUT2D eigenvalue weighted by atomic mass is 10.0.